The quantitative estimate of drug-likeness (QED) is 0.687. The van der Waals surface area contributed by atoms with Crippen LogP contribution in [-0.4, -0.2) is 63.4 Å². The number of amides is 1. The number of piperazine rings is 1. The van der Waals surface area contributed by atoms with E-state index in [9.17, 15) is 19.5 Å². The molecule has 9 nitrogen and oxygen atoms in total. The van der Waals surface area contributed by atoms with Crippen molar-refractivity contribution in [3.63, 3.8) is 0 Å². The van der Waals surface area contributed by atoms with E-state index in [4.69, 9.17) is 4.74 Å². The maximum atomic E-state index is 13.3. The highest BCUT2D eigenvalue weighted by atomic mass is 79.9. The number of nitrogens with zero attached hydrogens (tertiary/aromatic N) is 4. The molecule has 2 aromatic rings. The Kier molecular flexibility index (Phi) is 6.42. The zero-order valence-electron chi connectivity index (χ0n) is 17.4. The number of hydrogen-bond donors (Lipinski definition) is 1. The zero-order valence-corrected chi connectivity index (χ0v) is 19.8. The average molecular weight is 501 g/mol. The van der Waals surface area contributed by atoms with Gasteiger partial charge in [0.05, 0.1) is 0 Å². The number of rotatable bonds is 4. The van der Waals surface area contributed by atoms with Gasteiger partial charge in [0, 0.05) is 31.9 Å². The van der Waals surface area contributed by atoms with Crippen molar-refractivity contribution in [2.24, 2.45) is 0 Å². The predicted octanol–water partition coefficient (Wildman–Crippen LogP) is 2.92. The molecule has 0 spiro atoms. The smallest absolute Gasteiger partial charge is 0.410 e. The number of carboxylic acid groups (broad SMARTS) is 1. The first kappa shape index (κ1) is 22.5. The summed E-state index contributed by atoms with van der Waals surface area (Å²) in [5.41, 5.74) is 0.604. The number of aliphatic carboxylic acids is 1. The summed E-state index contributed by atoms with van der Waals surface area (Å²) < 4.78 is 7.63. The van der Waals surface area contributed by atoms with E-state index in [0.29, 0.717) is 52.7 Å². The number of ether oxygens (including phenoxy) is 1. The molecule has 3 rings (SSSR count). The summed E-state index contributed by atoms with van der Waals surface area (Å²) in [6.45, 7) is 8.83. The third-order valence-electron chi connectivity index (χ3n) is 4.73. The number of carbonyl (C=O) groups excluding carboxylic acids is 1. The van der Waals surface area contributed by atoms with Crippen molar-refractivity contribution in [1.82, 2.24) is 14.5 Å². The number of halogens is 1. The number of pyridine rings is 1. The number of anilines is 1. The van der Waals surface area contributed by atoms with Gasteiger partial charge in [-0.1, -0.05) is 18.3 Å². The second kappa shape index (κ2) is 8.54. The molecule has 30 heavy (non-hydrogen) atoms. The summed E-state index contributed by atoms with van der Waals surface area (Å²) in [4.78, 5) is 45.5. The molecule has 1 saturated heterocycles. The summed E-state index contributed by atoms with van der Waals surface area (Å²) in [6, 6.07) is 0. The van der Waals surface area contributed by atoms with Gasteiger partial charge in [-0.2, -0.15) is 0 Å². The Morgan fingerprint density at radius 3 is 2.40 bits per heavy atom. The van der Waals surface area contributed by atoms with Crippen LogP contribution in [0, 0.1) is 0 Å². The van der Waals surface area contributed by atoms with Crippen LogP contribution < -0.4 is 10.3 Å². The Morgan fingerprint density at radius 2 is 1.87 bits per heavy atom. The number of carboxylic acids is 1. The minimum absolute atomic E-state index is 0.212. The summed E-state index contributed by atoms with van der Waals surface area (Å²) in [5, 5.41) is 9.41. The highest BCUT2D eigenvalue weighted by Crippen LogP contribution is 2.30. The van der Waals surface area contributed by atoms with Crippen LogP contribution in [0.25, 0.3) is 10.3 Å². The van der Waals surface area contributed by atoms with Gasteiger partial charge < -0.3 is 24.2 Å². The maximum Gasteiger partial charge on any atom is 0.410 e. The van der Waals surface area contributed by atoms with Gasteiger partial charge in [0.2, 0.25) is 5.43 Å². The molecule has 1 aliphatic heterocycles. The lowest BCUT2D eigenvalue weighted by molar-refractivity contribution is -0.137. The third-order valence-corrected chi connectivity index (χ3v) is 6.26. The topological polar surface area (TPSA) is 105 Å². The van der Waals surface area contributed by atoms with Crippen LogP contribution >= 0.6 is 27.3 Å². The SMILES string of the molecule is CCc1c(N2CCN(C(=O)OC(C)(C)C)CC2)c(=O)c2nc(Br)sc2n1CC(=O)O. The normalized spacial score (nSPS) is 15.0. The van der Waals surface area contributed by atoms with E-state index in [-0.39, 0.29) is 23.6 Å². The van der Waals surface area contributed by atoms with E-state index in [1.54, 1.807) is 9.47 Å². The predicted molar refractivity (Wildman–Crippen MR) is 119 cm³/mol. The van der Waals surface area contributed by atoms with Crippen molar-refractivity contribution < 1.29 is 19.4 Å². The first-order valence-corrected chi connectivity index (χ1v) is 11.3. The molecular weight excluding hydrogens is 476 g/mol. The molecule has 1 fully saturated rings. The van der Waals surface area contributed by atoms with Crippen LogP contribution in [-0.2, 0) is 22.5 Å². The molecule has 11 heteroatoms. The van der Waals surface area contributed by atoms with Crippen LogP contribution in [0.4, 0.5) is 10.5 Å². The van der Waals surface area contributed by atoms with Gasteiger partial charge >= 0.3 is 12.1 Å². The van der Waals surface area contributed by atoms with E-state index in [1.165, 1.54) is 11.3 Å². The lowest BCUT2D eigenvalue weighted by Crippen LogP contribution is -2.51. The third kappa shape index (κ3) is 4.61. The van der Waals surface area contributed by atoms with Gasteiger partial charge in [-0.25, -0.2) is 9.78 Å². The van der Waals surface area contributed by atoms with Gasteiger partial charge in [0.25, 0.3) is 0 Å². The van der Waals surface area contributed by atoms with Gasteiger partial charge in [0.1, 0.15) is 28.2 Å². The van der Waals surface area contributed by atoms with E-state index in [2.05, 4.69) is 20.9 Å². The molecule has 164 valence electrons. The number of thiazole rings is 1. The molecular formula is C19H25BrN4O5S. The first-order valence-electron chi connectivity index (χ1n) is 9.68. The van der Waals surface area contributed by atoms with Gasteiger partial charge in [0.15, 0.2) is 3.92 Å². The van der Waals surface area contributed by atoms with E-state index >= 15 is 0 Å². The second-order valence-corrected chi connectivity index (χ2v) is 10.3. The Hall–Kier alpha value is -2.14. The lowest BCUT2D eigenvalue weighted by Gasteiger charge is -2.37. The van der Waals surface area contributed by atoms with Gasteiger partial charge in [-0.05, 0) is 43.1 Å². The van der Waals surface area contributed by atoms with Crippen molar-refractivity contribution in [1.29, 1.82) is 0 Å². The minimum Gasteiger partial charge on any atom is -0.480 e. The van der Waals surface area contributed by atoms with E-state index < -0.39 is 11.6 Å². The highest BCUT2D eigenvalue weighted by Gasteiger charge is 2.30. The van der Waals surface area contributed by atoms with Gasteiger partial charge in [-0.3, -0.25) is 9.59 Å². The second-order valence-electron chi connectivity index (χ2n) is 8.03. The Bertz CT molecular complexity index is 1030. The number of aromatic nitrogens is 2. The van der Waals surface area contributed by atoms with Crippen molar-refractivity contribution in [2.75, 3.05) is 31.1 Å². The van der Waals surface area contributed by atoms with Crippen LogP contribution in [0.15, 0.2) is 8.71 Å². The molecule has 0 radical (unpaired) electrons. The molecule has 0 aliphatic carbocycles. The number of fused-ring (bicyclic) bond motifs is 1. The zero-order chi connectivity index (χ0) is 22.2. The fourth-order valence-corrected chi connectivity index (χ4v) is 4.99. The summed E-state index contributed by atoms with van der Waals surface area (Å²) in [6.07, 6.45) is 0.121. The Morgan fingerprint density at radius 1 is 1.23 bits per heavy atom. The molecule has 0 bridgehead atoms. The fraction of sp³-hybridized carbons (Fsp3) is 0.579. The summed E-state index contributed by atoms with van der Waals surface area (Å²) in [5.74, 6) is -0.986. The van der Waals surface area contributed by atoms with Crippen LogP contribution in [0.3, 0.4) is 0 Å². The monoisotopic (exact) mass is 500 g/mol. The molecule has 0 unspecified atom stereocenters. The van der Waals surface area contributed by atoms with E-state index in [0.717, 1.165) is 0 Å². The fourth-order valence-electron chi connectivity index (χ4n) is 3.54. The van der Waals surface area contributed by atoms with Gasteiger partial charge in [-0.15, -0.1) is 0 Å². The molecule has 2 aromatic heterocycles. The van der Waals surface area contributed by atoms with Crippen molar-refractivity contribution in [3.05, 3.63) is 19.8 Å². The van der Waals surface area contributed by atoms with Crippen molar-refractivity contribution in [3.8, 4) is 0 Å². The lowest BCUT2D eigenvalue weighted by atomic mass is 10.1. The van der Waals surface area contributed by atoms with Crippen molar-refractivity contribution >= 4 is 55.4 Å². The molecule has 0 aromatic carbocycles. The first-order chi connectivity index (χ1) is 14.0. The molecule has 1 N–H and O–H groups in total. The Labute approximate surface area is 186 Å². The average Bonchev–Trinajstić information content (AvgIpc) is 3.04. The molecule has 1 amide bonds. The van der Waals surface area contributed by atoms with Crippen LogP contribution in [0.1, 0.15) is 33.4 Å². The largest absolute Gasteiger partial charge is 0.480 e. The minimum atomic E-state index is -0.986. The maximum absolute atomic E-state index is 13.3. The highest BCUT2D eigenvalue weighted by molar-refractivity contribution is 9.11. The van der Waals surface area contributed by atoms with Crippen LogP contribution in [0.5, 0.6) is 0 Å². The number of carbonyl (C=O) groups is 2. The Balaban J connectivity index is 1.97. The molecule has 1 aliphatic rings. The standard InChI is InChI=1S/C19H25BrN4O5S/c1-5-11-14(22-6-8-23(9-7-22)18(28)29-19(2,3)4)15(27)13-16(30-17(20)21-13)24(11)10-12(25)26/h5-10H2,1-4H3,(H,25,26). The van der Waals surface area contributed by atoms with Crippen molar-refractivity contribution in [2.45, 2.75) is 46.3 Å². The summed E-state index contributed by atoms with van der Waals surface area (Å²) in [7, 11) is 0. The molecule has 3 heterocycles. The summed E-state index contributed by atoms with van der Waals surface area (Å²) >= 11 is 4.56. The van der Waals surface area contributed by atoms with E-state index in [1.807, 2.05) is 32.6 Å². The molecule has 0 saturated carbocycles. The number of hydrogen-bond acceptors (Lipinski definition) is 7. The van der Waals surface area contributed by atoms with Crippen LogP contribution in [0.2, 0.25) is 0 Å². The molecule has 0 atom stereocenters.